The Bertz CT molecular complexity index is 606. The van der Waals surface area contributed by atoms with Crippen LogP contribution in [0.2, 0.25) is 0 Å². The zero-order valence-corrected chi connectivity index (χ0v) is 17.4. The number of carbonyl (C=O) groups excluding carboxylic acids is 1. The van der Waals surface area contributed by atoms with Crippen molar-refractivity contribution in [2.75, 3.05) is 45.8 Å². The normalized spacial score (nSPS) is 25.7. The van der Waals surface area contributed by atoms with Crippen LogP contribution in [0.15, 0.2) is 30.3 Å². The standard InChI is InChI=1S/C24H37N3O/c28-24(26-14-5-2-6-15-26)22-10-7-16-27(20-22)23-12-18-25(19-13-23)17-11-21-8-3-1-4-9-21/h1,3-4,8-9,22-23H,2,5-7,10-20H2/t22-/m0/s1. The Morgan fingerprint density at radius 2 is 1.61 bits per heavy atom. The van der Waals surface area contributed by atoms with Gasteiger partial charge in [0.2, 0.25) is 5.91 Å². The topological polar surface area (TPSA) is 26.8 Å². The maximum absolute atomic E-state index is 12.9. The number of hydrogen-bond acceptors (Lipinski definition) is 3. The van der Waals surface area contributed by atoms with Crippen molar-refractivity contribution >= 4 is 5.91 Å². The molecule has 3 saturated heterocycles. The Hall–Kier alpha value is -1.39. The summed E-state index contributed by atoms with van der Waals surface area (Å²) in [6.45, 7) is 7.77. The van der Waals surface area contributed by atoms with Crippen LogP contribution in [0.1, 0.15) is 50.5 Å². The van der Waals surface area contributed by atoms with E-state index in [1.165, 1.54) is 70.3 Å². The van der Waals surface area contributed by atoms with Gasteiger partial charge in [-0.1, -0.05) is 30.3 Å². The fourth-order valence-corrected chi connectivity index (χ4v) is 5.35. The Morgan fingerprint density at radius 3 is 2.36 bits per heavy atom. The van der Waals surface area contributed by atoms with E-state index in [4.69, 9.17) is 0 Å². The lowest BCUT2D eigenvalue weighted by molar-refractivity contribution is -0.138. The molecule has 1 aromatic rings. The molecule has 3 fully saturated rings. The van der Waals surface area contributed by atoms with Gasteiger partial charge in [0.25, 0.3) is 0 Å². The number of amides is 1. The van der Waals surface area contributed by atoms with Gasteiger partial charge in [0.1, 0.15) is 0 Å². The van der Waals surface area contributed by atoms with Crippen molar-refractivity contribution in [3.05, 3.63) is 35.9 Å². The molecular weight excluding hydrogens is 346 g/mol. The minimum atomic E-state index is 0.253. The van der Waals surface area contributed by atoms with Gasteiger partial charge in [-0.25, -0.2) is 0 Å². The molecule has 0 saturated carbocycles. The minimum Gasteiger partial charge on any atom is -0.342 e. The van der Waals surface area contributed by atoms with E-state index in [1.807, 2.05) is 0 Å². The fraction of sp³-hybridized carbons (Fsp3) is 0.708. The van der Waals surface area contributed by atoms with Gasteiger partial charge >= 0.3 is 0 Å². The smallest absolute Gasteiger partial charge is 0.226 e. The molecule has 0 spiro atoms. The van der Waals surface area contributed by atoms with Crippen LogP contribution in [0, 0.1) is 5.92 Å². The molecule has 0 unspecified atom stereocenters. The third kappa shape index (κ3) is 5.15. The summed E-state index contributed by atoms with van der Waals surface area (Å²) in [7, 11) is 0. The molecule has 28 heavy (non-hydrogen) atoms. The first-order valence-electron chi connectivity index (χ1n) is 11.6. The molecule has 154 valence electrons. The second-order valence-corrected chi connectivity index (χ2v) is 9.03. The lowest BCUT2D eigenvalue weighted by atomic mass is 9.92. The highest BCUT2D eigenvalue weighted by molar-refractivity contribution is 5.79. The monoisotopic (exact) mass is 383 g/mol. The van der Waals surface area contributed by atoms with Gasteiger partial charge in [0.05, 0.1) is 5.92 Å². The van der Waals surface area contributed by atoms with E-state index >= 15 is 0 Å². The molecule has 3 heterocycles. The summed E-state index contributed by atoms with van der Waals surface area (Å²) in [6.07, 6.45) is 9.66. The van der Waals surface area contributed by atoms with Crippen molar-refractivity contribution < 1.29 is 4.79 Å². The summed E-state index contributed by atoms with van der Waals surface area (Å²) in [5.41, 5.74) is 1.44. The van der Waals surface area contributed by atoms with Crippen LogP contribution < -0.4 is 0 Å². The van der Waals surface area contributed by atoms with Gasteiger partial charge in [0, 0.05) is 32.2 Å². The van der Waals surface area contributed by atoms with Crippen molar-refractivity contribution in [3.63, 3.8) is 0 Å². The molecule has 0 aromatic heterocycles. The molecule has 1 aromatic carbocycles. The number of nitrogens with zero attached hydrogens (tertiary/aromatic N) is 3. The van der Waals surface area contributed by atoms with Crippen molar-refractivity contribution in [1.29, 1.82) is 0 Å². The molecule has 0 aliphatic carbocycles. The Kier molecular flexibility index (Phi) is 7.03. The molecule has 0 radical (unpaired) electrons. The zero-order valence-electron chi connectivity index (χ0n) is 17.4. The van der Waals surface area contributed by atoms with Crippen LogP contribution >= 0.6 is 0 Å². The Morgan fingerprint density at radius 1 is 0.857 bits per heavy atom. The first-order chi connectivity index (χ1) is 13.8. The van der Waals surface area contributed by atoms with Gasteiger partial charge in [-0.05, 0) is 76.6 Å². The number of hydrogen-bond donors (Lipinski definition) is 0. The summed E-state index contributed by atoms with van der Waals surface area (Å²) in [5, 5.41) is 0. The maximum atomic E-state index is 12.9. The van der Waals surface area contributed by atoms with Crippen LogP contribution in [-0.4, -0.2) is 72.5 Å². The Balaban J connectivity index is 1.22. The third-order valence-corrected chi connectivity index (χ3v) is 7.10. The van der Waals surface area contributed by atoms with Gasteiger partial charge in [-0.2, -0.15) is 0 Å². The molecular formula is C24H37N3O. The van der Waals surface area contributed by atoms with Gasteiger partial charge in [-0.15, -0.1) is 0 Å². The number of rotatable bonds is 5. The highest BCUT2D eigenvalue weighted by atomic mass is 16.2. The average molecular weight is 384 g/mol. The molecule has 1 atom stereocenters. The summed E-state index contributed by atoms with van der Waals surface area (Å²) in [4.78, 5) is 20.4. The lowest BCUT2D eigenvalue weighted by Crippen LogP contribution is -2.51. The number of benzene rings is 1. The second-order valence-electron chi connectivity index (χ2n) is 9.03. The van der Waals surface area contributed by atoms with Gasteiger partial charge in [-0.3, -0.25) is 9.69 Å². The molecule has 4 rings (SSSR count). The Labute approximate surface area is 170 Å². The predicted molar refractivity (Wildman–Crippen MR) is 114 cm³/mol. The van der Waals surface area contributed by atoms with Gasteiger partial charge < -0.3 is 9.80 Å². The summed E-state index contributed by atoms with van der Waals surface area (Å²) in [5.74, 6) is 0.702. The summed E-state index contributed by atoms with van der Waals surface area (Å²) < 4.78 is 0. The van der Waals surface area contributed by atoms with E-state index < -0.39 is 0 Å². The summed E-state index contributed by atoms with van der Waals surface area (Å²) in [6, 6.07) is 11.5. The largest absolute Gasteiger partial charge is 0.342 e. The van der Waals surface area contributed by atoms with Crippen LogP contribution in [0.3, 0.4) is 0 Å². The average Bonchev–Trinajstić information content (AvgIpc) is 2.79. The number of likely N-dealkylation sites (tertiary alicyclic amines) is 3. The van der Waals surface area contributed by atoms with Crippen molar-refractivity contribution in [3.8, 4) is 0 Å². The SMILES string of the molecule is O=C([C@H]1CCCN(C2CCN(CCc3ccccc3)CC2)C1)N1CCCCC1. The highest BCUT2D eigenvalue weighted by Crippen LogP contribution is 2.26. The molecule has 3 aliphatic heterocycles. The molecule has 0 bridgehead atoms. The van der Waals surface area contributed by atoms with Crippen molar-refractivity contribution in [2.24, 2.45) is 5.92 Å². The van der Waals surface area contributed by atoms with E-state index in [0.717, 1.165) is 32.5 Å². The van der Waals surface area contributed by atoms with Gasteiger partial charge in [0.15, 0.2) is 0 Å². The van der Waals surface area contributed by atoms with Crippen LogP contribution in [0.25, 0.3) is 0 Å². The van der Waals surface area contributed by atoms with E-state index in [-0.39, 0.29) is 5.92 Å². The van der Waals surface area contributed by atoms with Crippen LogP contribution in [0.4, 0.5) is 0 Å². The van der Waals surface area contributed by atoms with E-state index in [2.05, 4.69) is 45.0 Å². The maximum Gasteiger partial charge on any atom is 0.226 e. The predicted octanol–water partition coefficient (Wildman–Crippen LogP) is 3.42. The van der Waals surface area contributed by atoms with E-state index in [1.54, 1.807) is 0 Å². The van der Waals surface area contributed by atoms with E-state index in [9.17, 15) is 4.79 Å². The quantitative estimate of drug-likeness (QED) is 0.779. The van der Waals surface area contributed by atoms with Crippen molar-refractivity contribution in [1.82, 2.24) is 14.7 Å². The zero-order chi connectivity index (χ0) is 19.2. The third-order valence-electron chi connectivity index (χ3n) is 7.10. The summed E-state index contributed by atoms with van der Waals surface area (Å²) >= 11 is 0. The molecule has 3 aliphatic rings. The van der Waals surface area contributed by atoms with Crippen LogP contribution in [-0.2, 0) is 11.2 Å². The van der Waals surface area contributed by atoms with E-state index in [0.29, 0.717) is 11.9 Å². The number of carbonyl (C=O) groups is 1. The molecule has 1 amide bonds. The van der Waals surface area contributed by atoms with Crippen LogP contribution in [0.5, 0.6) is 0 Å². The fourth-order valence-electron chi connectivity index (χ4n) is 5.35. The number of piperidine rings is 3. The lowest BCUT2D eigenvalue weighted by Gasteiger charge is -2.43. The highest BCUT2D eigenvalue weighted by Gasteiger charge is 2.33. The molecule has 4 heteroatoms. The minimum absolute atomic E-state index is 0.253. The first kappa shape index (κ1) is 19.9. The molecule has 0 N–H and O–H groups in total. The van der Waals surface area contributed by atoms with Crippen molar-refractivity contribution in [2.45, 2.75) is 57.4 Å². The molecule has 4 nitrogen and oxygen atoms in total. The first-order valence-corrected chi connectivity index (χ1v) is 11.6. The second kappa shape index (κ2) is 9.89.